The van der Waals surface area contributed by atoms with Crippen molar-refractivity contribution >= 4 is 17.8 Å². The number of benzene rings is 1. The van der Waals surface area contributed by atoms with Gasteiger partial charge in [-0.05, 0) is 63.0 Å². The highest BCUT2D eigenvalue weighted by molar-refractivity contribution is 5.96. The molecule has 0 bridgehead atoms. The lowest BCUT2D eigenvalue weighted by atomic mass is 9.97. The monoisotopic (exact) mass is 600 g/mol. The molecule has 1 aromatic carbocycles. The molecule has 12 heteroatoms. The largest absolute Gasteiger partial charge is 0.416 e. The lowest BCUT2D eigenvalue weighted by Gasteiger charge is -2.36. The summed E-state index contributed by atoms with van der Waals surface area (Å²) < 4.78 is 43.4. The van der Waals surface area contributed by atoms with E-state index in [1.54, 1.807) is 29.0 Å². The first-order valence-corrected chi connectivity index (χ1v) is 15.5. The van der Waals surface area contributed by atoms with E-state index >= 15 is 0 Å². The third kappa shape index (κ3) is 6.10. The first-order chi connectivity index (χ1) is 20.6. The Kier molecular flexibility index (Phi) is 8.12. The molecule has 4 heterocycles. The van der Waals surface area contributed by atoms with Gasteiger partial charge in [-0.2, -0.15) is 18.3 Å². The Hall–Kier alpha value is -3.57. The summed E-state index contributed by atoms with van der Waals surface area (Å²) in [6.07, 6.45) is 3.06. The SMILES string of the molecule is CC(=O)N1CCC(NC(=O)N2CCC(n3ncc(C(=O)N4CCCC4c4ccccc4C(F)(F)F)c3C3CC3)CC2)CC1. The number of alkyl halides is 3. The van der Waals surface area contributed by atoms with Crippen molar-refractivity contribution in [2.24, 2.45) is 0 Å². The predicted octanol–water partition coefficient (Wildman–Crippen LogP) is 5.11. The number of hydrogen-bond donors (Lipinski definition) is 1. The number of carbonyl (C=O) groups excluding carboxylic acids is 3. The van der Waals surface area contributed by atoms with Crippen LogP contribution in [0.2, 0.25) is 0 Å². The second-order valence-corrected chi connectivity index (χ2v) is 12.4. The first kappa shape index (κ1) is 29.5. The van der Waals surface area contributed by atoms with Crippen LogP contribution in [0.3, 0.4) is 0 Å². The van der Waals surface area contributed by atoms with Crippen molar-refractivity contribution in [3.8, 4) is 0 Å². The maximum atomic E-state index is 13.9. The Labute approximate surface area is 249 Å². The van der Waals surface area contributed by atoms with E-state index in [-0.39, 0.29) is 41.4 Å². The van der Waals surface area contributed by atoms with Crippen LogP contribution in [-0.2, 0) is 11.0 Å². The van der Waals surface area contributed by atoms with Gasteiger partial charge >= 0.3 is 12.2 Å². The molecule has 43 heavy (non-hydrogen) atoms. The fourth-order valence-electron chi connectivity index (χ4n) is 7.04. The highest BCUT2D eigenvalue weighted by atomic mass is 19.4. The molecule has 1 saturated carbocycles. The number of hydrogen-bond acceptors (Lipinski definition) is 4. The van der Waals surface area contributed by atoms with E-state index in [0.717, 1.165) is 37.4 Å². The average Bonchev–Trinajstić information content (AvgIpc) is 3.54. The molecule has 9 nitrogen and oxygen atoms in total. The lowest BCUT2D eigenvalue weighted by Crippen LogP contribution is -2.51. The second-order valence-electron chi connectivity index (χ2n) is 12.4. The van der Waals surface area contributed by atoms with Gasteiger partial charge in [0, 0.05) is 51.6 Å². The van der Waals surface area contributed by atoms with Gasteiger partial charge in [-0.1, -0.05) is 18.2 Å². The zero-order chi connectivity index (χ0) is 30.3. The number of halogens is 3. The summed E-state index contributed by atoms with van der Waals surface area (Å²) in [4.78, 5) is 43.7. The van der Waals surface area contributed by atoms with Crippen LogP contribution in [0.4, 0.5) is 18.0 Å². The molecule has 1 atom stereocenters. The zero-order valence-corrected chi connectivity index (χ0v) is 24.5. The Morgan fingerprint density at radius 3 is 2.21 bits per heavy atom. The van der Waals surface area contributed by atoms with Crippen molar-refractivity contribution in [2.75, 3.05) is 32.7 Å². The number of nitrogens with zero attached hydrogens (tertiary/aromatic N) is 5. The Morgan fingerprint density at radius 2 is 1.56 bits per heavy atom. The van der Waals surface area contributed by atoms with E-state index in [1.165, 1.54) is 12.1 Å². The summed E-state index contributed by atoms with van der Waals surface area (Å²) in [5.41, 5.74) is 0.849. The quantitative estimate of drug-likeness (QED) is 0.516. The van der Waals surface area contributed by atoms with Crippen LogP contribution in [0, 0.1) is 0 Å². The Morgan fingerprint density at radius 1 is 0.884 bits per heavy atom. The van der Waals surface area contributed by atoms with E-state index in [0.29, 0.717) is 64.0 Å². The van der Waals surface area contributed by atoms with Crippen LogP contribution in [0.15, 0.2) is 30.5 Å². The number of nitrogens with one attached hydrogen (secondary N) is 1. The van der Waals surface area contributed by atoms with Crippen LogP contribution in [0.1, 0.15) is 103 Å². The molecule has 3 aliphatic heterocycles. The van der Waals surface area contributed by atoms with Gasteiger partial charge in [0.15, 0.2) is 0 Å². The van der Waals surface area contributed by atoms with Crippen LogP contribution >= 0.6 is 0 Å². The van der Waals surface area contributed by atoms with E-state index in [2.05, 4.69) is 10.4 Å². The van der Waals surface area contributed by atoms with E-state index < -0.39 is 17.8 Å². The molecule has 4 aliphatic rings. The Bertz CT molecular complexity index is 1360. The number of amides is 4. The van der Waals surface area contributed by atoms with E-state index in [4.69, 9.17) is 0 Å². The Balaban J connectivity index is 1.12. The molecule has 1 aliphatic carbocycles. The number of carbonyl (C=O) groups is 3. The molecule has 1 aromatic heterocycles. The van der Waals surface area contributed by atoms with Crippen LogP contribution in [0.25, 0.3) is 0 Å². The molecule has 4 fully saturated rings. The van der Waals surface area contributed by atoms with Gasteiger partial charge in [0.25, 0.3) is 5.91 Å². The molecule has 4 amide bonds. The van der Waals surface area contributed by atoms with Gasteiger partial charge in [-0.3, -0.25) is 14.3 Å². The summed E-state index contributed by atoms with van der Waals surface area (Å²) in [6, 6.07) is 4.95. The molecule has 1 N–H and O–H groups in total. The summed E-state index contributed by atoms with van der Waals surface area (Å²) in [6.45, 7) is 4.42. The van der Waals surface area contributed by atoms with Crippen LogP contribution in [-0.4, -0.2) is 81.1 Å². The number of aromatic nitrogens is 2. The summed E-state index contributed by atoms with van der Waals surface area (Å²) in [5, 5.41) is 7.80. The average molecular weight is 601 g/mol. The minimum absolute atomic E-state index is 0.0420. The number of rotatable bonds is 5. The second kappa shape index (κ2) is 11.8. The molecule has 0 spiro atoms. The van der Waals surface area contributed by atoms with Crippen molar-refractivity contribution in [2.45, 2.75) is 88.5 Å². The predicted molar refractivity (Wildman–Crippen MR) is 152 cm³/mol. The third-order valence-electron chi connectivity index (χ3n) is 9.53. The van der Waals surface area contributed by atoms with Crippen molar-refractivity contribution < 1.29 is 27.6 Å². The van der Waals surface area contributed by atoms with E-state index in [1.807, 2.05) is 9.58 Å². The van der Waals surface area contributed by atoms with Crippen LogP contribution in [0.5, 0.6) is 0 Å². The van der Waals surface area contributed by atoms with Gasteiger partial charge in [-0.15, -0.1) is 0 Å². The summed E-state index contributed by atoms with van der Waals surface area (Å²) >= 11 is 0. The molecule has 6 rings (SSSR count). The summed E-state index contributed by atoms with van der Waals surface area (Å²) in [7, 11) is 0. The van der Waals surface area contributed by atoms with Gasteiger partial charge in [-0.25, -0.2) is 4.79 Å². The molecule has 232 valence electrons. The molecular formula is C31H39F3N6O3. The smallest absolute Gasteiger partial charge is 0.343 e. The van der Waals surface area contributed by atoms with Crippen molar-refractivity contribution in [1.29, 1.82) is 0 Å². The van der Waals surface area contributed by atoms with Gasteiger partial charge in [0.2, 0.25) is 5.91 Å². The first-order valence-electron chi connectivity index (χ1n) is 15.5. The number of likely N-dealkylation sites (tertiary alicyclic amines) is 3. The topological polar surface area (TPSA) is 90.8 Å². The lowest BCUT2D eigenvalue weighted by molar-refractivity contribution is -0.138. The fraction of sp³-hybridized carbons (Fsp3) is 0.613. The normalized spacial score (nSPS) is 22.2. The standard InChI is InChI=1S/C31H39F3N6O3/c1-20(41)37-15-10-22(11-16-37)36-30(43)38-17-12-23(13-18-38)40-28(21-8-9-21)25(19-35-40)29(42)39-14-4-7-27(39)24-5-2-3-6-26(24)31(32,33)34/h2-3,5-6,19,21-23,27H,4,7-18H2,1H3,(H,36,43). The zero-order valence-electron chi connectivity index (χ0n) is 24.5. The molecule has 2 aromatic rings. The van der Waals surface area contributed by atoms with Crippen molar-refractivity contribution in [3.05, 3.63) is 52.8 Å². The van der Waals surface area contributed by atoms with Gasteiger partial charge < -0.3 is 20.0 Å². The van der Waals surface area contributed by atoms with E-state index in [9.17, 15) is 27.6 Å². The molecule has 0 radical (unpaired) electrons. The van der Waals surface area contributed by atoms with Crippen molar-refractivity contribution in [1.82, 2.24) is 29.8 Å². The number of piperidine rings is 2. The fourth-order valence-corrected chi connectivity index (χ4v) is 7.04. The molecular weight excluding hydrogens is 561 g/mol. The highest BCUT2D eigenvalue weighted by Crippen LogP contribution is 2.45. The van der Waals surface area contributed by atoms with Crippen LogP contribution < -0.4 is 5.32 Å². The van der Waals surface area contributed by atoms with Gasteiger partial charge in [0.1, 0.15) is 0 Å². The molecule has 3 saturated heterocycles. The van der Waals surface area contributed by atoms with Crippen molar-refractivity contribution in [3.63, 3.8) is 0 Å². The highest BCUT2D eigenvalue weighted by Gasteiger charge is 2.42. The minimum atomic E-state index is -4.49. The third-order valence-corrected chi connectivity index (χ3v) is 9.53. The maximum absolute atomic E-state index is 13.9. The maximum Gasteiger partial charge on any atom is 0.416 e. The summed E-state index contributed by atoms with van der Waals surface area (Å²) in [5.74, 6) is 0.0281. The number of urea groups is 1. The molecule has 1 unspecified atom stereocenters. The minimum Gasteiger partial charge on any atom is -0.343 e. The van der Waals surface area contributed by atoms with Gasteiger partial charge in [0.05, 0.1) is 35.1 Å².